The molecule has 0 unspecified atom stereocenters. The first-order chi connectivity index (χ1) is 10.6. The summed E-state index contributed by atoms with van der Waals surface area (Å²) in [6.45, 7) is 18.0. The van der Waals surface area contributed by atoms with Gasteiger partial charge in [-0.25, -0.2) is 0 Å². The Morgan fingerprint density at radius 1 is 1.00 bits per heavy atom. The van der Waals surface area contributed by atoms with Gasteiger partial charge in [0.1, 0.15) is 0 Å². The summed E-state index contributed by atoms with van der Waals surface area (Å²) in [5, 5.41) is 3.44. The third kappa shape index (κ3) is 4.91. The lowest BCUT2D eigenvalue weighted by Gasteiger charge is -2.38. The fraction of sp³-hybridized carbons (Fsp3) is 1.00. The van der Waals surface area contributed by atoms with Crippen molar-refractivity contribution in [2.75, 3.05) is 46.8 Å². The van der Waals surface area contributed by atoms with E-state index in [1.165, 1.54) is 52.0 Å². The molecule has 0 aromatic carbocycles. The van der Waals surface area contributed by atoms with Crippen LogP contribution in [0.5, 0.6) is 0 Å². The maximum atomic E-state index is 3.44. The molecule has 2 atom stereocenters. The van der Waals surface area contributed by atoms with Crippen LogP contribution in [0.4, 0.5) is 0 Å². The van der Waals surface area contributed by atoms with Crippen molar-refractivity contribution in [1.29, 1.82) is 0 Å². The van der Waals surface area contributed by atoms with E-state index in [0.717, 1.165) is 6.04 Å². The lowest BCUT2D eigenvalue weighted by molar-refractivity contribution is 0.111. The molecule has 0 amide bonds. The quantitative estimate of drug-likeness (QED) is 0.809. The Balaban J connectivity index is 1.79. The molecule has 4 nitrogen and oxygen atoms in total. The van der Waals surface area contributed by atoms with Crippen molar-refractivity contribution in [2.45, 2.75) is 77.0 Å². The molecule has 2 heterocycles. The molecule has 0 radical (unpaired) electrons. The van der Waals surface area contributed by atoms with Crippen molar-refractivity contribution >= 4 is 0 Å². The minimum Gasteiger partial charge on any atom is -0.316 e. The molecule has 1 N–H and O–H groups in total. The van der Waals surface area contributed by atoms with Crippen LogP contribution < -0.4 is 5.32 Å². The minimum atomic E-state index is 0.308. The molecule has 2 aliphatic rings. The third-order valence-electron chi connectivity index (χ3n) is 6.26. The zero-order valence-corrected chi connectivity index (χ0v) is 16.7. The first-order valence-electron chi connectivity index (χ1n) is 9.51. The molecule has 0 spiro atoms. The number of rotatable bonds is 6. The highest BCUT2D eigenvalue weighted by molar-refractivity contribution is 4.92. The van der Waals surface area contributed by atoms with Gasteiger partial charge in [-0.2, -0.15) is 0 Å². The highest BCUT2D eigenvalue weighted by Gasteiger charge is 2.35. The monoisotopic (exact) mass is 324 g/mol. The zero-order chi connectivity index (χ0) is 17.3. The van der Waals surface area contributed by atoms with Crippen molar-refractivity contribution in [3.8, 4) is 0 Å². The average Bonchev–Trinajstić information content (AvgIpc) is 3.12. The van der Waals surface area contributed by atoms with Gasteiger partial charge in [0, 0.05) is 49.3 Å². The van der Waals surface area contributed by atoms with Crippen LogP contribution in [0.1, 0.15) is 53.9 Å². The first-order valence-corrected chi connectivity index (χ1v) is 9.51. The number of nitrogens with one attached hydrogen (secondary N) is 1. The second-order valence-corrected chi connectivity index (χ2v) is 9.32. The molecule has 4 heteroatoms. The molecule has 0 aliphatic carbocycles. The topological polar surface area (TPSA) is 21.8 Å². The molecule has 0 bridgehead atoms. The summed E-state index contributed by atoms with van der Waals surface area (Å²) >= 11 is 0. The summed E-state index contributed by atoms with van der Waals surface area (Å²) < 4.78 is 0. The van der Waals surface area contributed by atoms with E-state index in [-0.39, 0.29) is 0 Å². The van der Waals surface area contributed by atoms with Crippen molar-refractivity contribution in [2.24, 2.45) is 0 Å². The Kier molecular flexibility index (Phi) is 6.15. The van der Waals surface area contributed by atoms with Crippen LogP contribution in [-0.4, -0.2) is 84.7 Å². The molecule has 2 saturated heterocycles. The predicted molar refractivity (Wildman–Crippen MR) is 100 cm³/mol. The Morgan fingerprint density at radius 2 is 1.65 bits per heavy atom. The maximum Gasteiger partial charge on any atom is 0.0232 e. The van der Waals surface area contributed by atoms with E-state index in [1.807, 2.05) is 0 Å². The van der Waals surface area contributed by atoms with Gasteiger partial charge in [-0.15, -0.1) is 0 Å². The van der Waals surface area contributed by atoms with Gasteiger partial charge in [0.15, 0.2) is 0 Å². The van der Waals surface area contributed by atoms with Crippen molar-refractivity contribution in [3.63, 3.8) is 0 Å². The van der Waals surface area contributed by atoms with E-state index in [4.69, 9.17) is 0 Å². The van der Waals surface area contributed by atoms with Gasteiger partial charge < -0.3 is 10.2 Å². The average molecular weight is 325 g/mol. The Labute approximate surface area is 144 Å². The molecule has 2 fully saturated rings. The number of hydrogen-bond acceptors (Lipinski definition) is 4. The molecular weight excluding hydrogens is 284 g/mol. The van der Waals surface area contributed by atoms with Crippen LogP contribution in [0.3, 0.4) is 0 Å². The molecule has 2 rings (SSSR count). The van der Waals surface area contributed by atoms with Gasteiger partial charge in [0.2, 0.25) is 0 Å². The van der Waals surface area contributed by atoms with E-state index in [1.54, 1.807) is 0 Å². The van der Waals surface area contributed by atoms with Gasteiger partial charge in [-0.1, -0.05) is 0 Å². The lowest BCUT2D eigenvalue weighted by Crippen LogP contribution is -2.47. The fourth-order valence-corrected chi connectivity index (χ4v) is 4.05. The molecule has 136 valence electrons. The second-order valence-electron chi connectivity index (χ2n) is 9.32. The van der Waals surface area contributed by atoms with Gasteiger partial charge in [0.25, 0.3) is 0 Å². The SMILES string of the molecule is CN[C@H]1CCN(C(C)(C)CCN(C)[C@H]2CCN(C(C)(C)C)C2)C1. The summed E-state index contributed by atoms with van der Waals surface area (Å²) in [5.74, 6) is 0. The Morgan fingerprint density at radius 3 is 2.17 bits per heavy atom. The lowest BCUT2D eigenvalue weighted by atomic mass is 9.97. The highest BCUT2D eigenvalue weighted by atomic mass is 15.3. The Bertz CT molecular complexity index is 374. The standard InChI is InChI=1S/C19H40N4/c1-18(2,3)22-12-9-17(15-22)21(7)13-10-19(4,5)23-11-8-16(14-23)20-6/h16-17,20H,8-15H2,1-7H3/t16-,17-/m0/s1. The second kappa shape index (κ2) is 7.38. The fourth-order valence-electron chi connectivity index (χ4n) is 4.05. The van der Waals surface area contributed by atoms with E-state index < -0.39 is 0 Å². The molecule has 2 aliphatic heterocycles. The van der Waals surface area contributed by atoms with Crippen LogP contribution in [-0.2, 0) is 0 Å². The Hall–Kier alpha value is -0.160. The van der Waals surface area contributed by atoms with Crippen molar-refractivity contribution in [1.82, 2.24) is 20.0 Å². The zero-order valence-electron chi connectivity index (χ0n) is 16.7. The largest absolute Gasteiger partial charge is 0.316 e. The van der Waals surface area contributed by atoms with Gasteiger partial charge in [-0.05, 0) is 74.5 Å². The van der Waals surface area contributed by atoms with E-state index in [9.17, 15) is 0 Å². The summed E-state index contributed by atoms with van der Waals surface area (Å²) in [5.41, 5.74) is 0.620. The van der Waals surface area contributed by atoms with E-state index in [0.29, 0.717) is 17.1 Å². The van der Waals surface area contributed by atoms with Crippen LogP contribution in [0.25, 0.3) is 0 Å². The third-order valence-corrected chi connectivity index (χ3v) is 6.26. The van der Waals surface area contributed by atoms with Crippen LogP contribution >= 0.6 is 0 Å². The normalized spacial score (nSPS) is 28.2. The minimum absolute atomic E-state index is 0.308. The van der Waals surface area contributed by atoms with E-state index in [2.05, 4.69) is 68.7 Å². The van der Waals surface area contributed by atoms with Gasteiger partial charge in [-0.3, -0.25) is 9.80 Å². The number of likely N-dealkylation sites (tertiary alicyclic amines) is 2. The van der Waals surface area contributed by atoms with Crippen molar-refractivity contribution < 1.29 is 0 Å². The van der Waals surface area contributed by atoms with Gasteiger partial charge in [0.05, 0.1) is 0 Å². The number of nitrogens with zero attached hydrogens (tertiary/aromatic N) is 3. The van der Waals surface area contributed by atoms with Gasteiger partial charge >= 0.3 is 0 Å². The molecular formula is C19H40N4. The summed E-state index contributed by atoms with van der Waals surface area (Å²) in [6, 6.07) is 1.41. The van der Waals surface area contributed by atoms with Crippen molar-refractivity contribution in [3.05, 3.63) is 0 Å². The van der Waals surface area contributed by atoms with E-state index >= 15 is 0 Å². The summed E-state index contributed by atoms with van der Waals surface area (Å²) in [4.78, 5) is 7.93. The molecule has 0 aromatic rings. The number of hydrogen-bond donors (Lipinski definition) is 1. The number of likely N-dealkylation sites (N-methyl/N-ethyl adjacent to an activating group) is 2. The van der Waals surface area contributed by atoms with Crippen LogP contribution in [0, 0.1) is 0 Å². The van der Waals surface area contributed by atoms with Crippen LogP contribution in [0.15, 0.2) is 0 Å². The highest BCUT2D eigenvalue weighted by Crippen LogP contribution is 2.27. The smallest absolute Gasteiger partial charge is 0.0232 e. The summed E-state index contributed by atoms with van der Waals surface area (Å²) in [6.07, 6.45) is 3.87. The molecule has 23 heavy (non-hydrogen) atoms. The first kappa shape index (κ1) is 19.2. The molecule has 0 saturated carbocycles. The predicted octanol–water partition coefficient (Wildman–Crippen LogP) is 2.25. The maximum absolute atomic E-state index is 3.44. The van der Waals surface area contributed by atoms with Crippen LogP contribution in [0.2, 0.25) is 0 Å². The molecule has 0 aromatic heterocycles. The summed E-state index contributed by atoms with van der Waals surface area (Å²) in [7, 11) is 4.42.